The van der Waals surface area contributed by atoms with Crippen LogP contribution in [0.15, 0.2) is 33.3 Å². The minimum Gasteiger partial charge on any atom is -0.496 e. The fourth-order valence-electron chi connectivity index (χ4n) is 3.10. The Kier molecular flexibility index (Phi) is 5.05. The minimum absolute atomic E-state index is 0.171. The molecule has 2 heterocycles. The summed E-state index contributed by atoms with van der Waals surface area (Å²) in [6.07, 6.45) is 1.77. The number of furan rings is 1. The van der Waals surface area contributed by atoms with E-state index in [0.29, 0.717) is 17.9 Å². The molecule has 2 aromatic heterocycles. The second-order valence-corrected chi connectivity index (χ2v) is 7.32. The molecule has 0 spiro atoms. The van der Waals surface area contributed by atoms with Gasteiger partial charge < -0.3 is 14.1 Å². The lowest BCUT2D eigenvalue weighted by molar-refractivity contribution is 0.0753. The molecule has 0 saturated carbocycles. The number of pyridine rings is 1. The first kappa shape index (κ1) is 18.5. The van der Waals surface area contributed by atoms with Gasteiger partial charge in [-0.05, 0) is 39.0 Å². The first-order chi connectivity index (χ1) is 12.3. The van der Waals surface area contributed by atoms with E-state index in [0.717, 1.165) is 38.0 Å². The third kappa shape index (κ3) is 3.21. The normalized spacial score (nSPS) is 11.0. The lowest BCUT2D eigenvalue weighted by Gasteiger charge is -2.18. The Morgan fingerprint density at radius 3 is 2.69 bits per heavy atom. The summed E-state index contributed by atoms with van der Waals surface area (Å²) in [5.41, 5.74) is 4.26. The summed E-state index contributed by atoms with van der Waals surface area (Å²) in [5.74, 6) is 0.994. The number of halogens is 1. The average Bonchev–Trinajstić information content (AvgIpc) is 2.93. The van der Waals surface area contributed by atoms with Gasteiger partial charge in [-0.25, -0.2) is 0 Å². The second-order valence-electron chi connectivity index (χ2n) is 6.40. The Bertz CT molecular complexity index is 994. The van der Waals surface area contributed by atoms with E-state index in [4.69, 9.17) is 9.15 Å². The van der Waals surface area contributed by atoms with Crippen LogP contribution in [0, 0.1) is 20.8 Å². The first-order valence-corrected chi connectivity index (χ1v) is 9.06. The Hall–Kier alpha value is -2.34. The largest absolute Gasteiger partial charge is 0.496 e. The standard InChI is InChI=1S/C20H21BrN2O3/c1-11-9-22-16(13(3)18(11)25-5)10-23(4)20(24)19-12(2)15-8-14(21)6-7-17(15)26-19/h6-9H,10H2,1-5H3. The number of benzene rings is 1. The number of methoxy groups -OCH3 is 1. The molecule has 0 unspecified atom stereocenters. The van der Waals surface area contributed by atoms with E-state index < -0.39 is 0 Å². The van der Waals surface area contributed by atoms with Gasteiger partial charge in [0.25, 0.3) is 5.91 Å². The Morgan fingerprint density at radius 2 is 2.00 bits per heavy atom. The number of aromatic nitrogens is 1. The van der Waals surface area contributed by atoms with E-state index in [-0.39, 0.29) is 5.91 Å². The number of fused-ring (bicyclic) bond motifs is 1. The van der Waals surface area contributed by atoms with Crippen molar-refractivity contribution in [2.45, 2.75) is 27.3 Å². The van der Waals surface area contributed by atoms with E-state index in [1.54, 1.807) is 25.3 Å². The van der Waals surface area contributed by atoms with Crippen LogP contribution < -0.4 is 4.74 Å². The van der Waals surface area contributed by atoms with Gasteiger partial charge in [0.15, 0.2) is 5.76 Å². The van der Waals surface area contributed by atoms with Crippen molar-refractivity contribution in [3.8, 4) is 5.75 Å². The predicted molar refractivity (Wildman–Crippen MR) is 105 cm³/mol. The summed E-state index contributed by atoms with van der Waals surface area (Å²) in [5, 5.41) is 0.933. The Labute approximate surface area is 161 Å². The number of carbonyl (C=O) groups excluding carboxylic acids is 1. The lowest BCUT2D eigenvalue weighted by atomic mass is 10.1. The number of hydrogen-bond acceptors (Lipinski definition) is 4. The molecule has 136 valence electrons. The quantitative estimate of drug-likeness (QED) is 0.612. The van der Waals surface area contributed by atoms with Crippen molar-refractivity contribution in [3.05, 3.63) is 57.0 Å². The number of ether oxygens (including phenoxy) is 1. The molecule has 0 radical (unpaired) electrons. The molecule has 1 amide bonds. The number of nitrogens with zero attached hydrogens (tertiary/aromatic N) is 2. The average molecular weight is 417 g/mol. The number of carbonyl (C=O) groups is 1. The maximum Gasteiger partial charge on any atom is 0.289 e. The maximum absolute atomic E-state index is 12.9. The minimum atomic E-state index is -0.171. The van der Waals surface area contributed by atoms with Gasteiger partial charge in [0, 0.05) is 39.8 Å². The molecule has 0 saturated heterocycles. The topological polar surface area (TPSA) is 55.6 Å². The van der Waals surface area contributed by atoms with Crippen molar-refractivity contribution in [2.24, 2.45) is 0 Å². The Balaban J connectivity index is 1.90. The van der Waals surface area contributed by atoms with Gasteiger partial charge in [-0.15, -0.1) is 0 Å². The third-order valence-corrected chi connectivity index (χ3v) is 5.07. The molecule has 0 fully saturated rings. The fourth-order valence-corrected chi connectivity index (χ4v) is 3.46. The molecule has 0 aliphatic heterocycles. The van der Waals surface area contributed by atoms with Crippen molar-refractivity contribution in [1.29, 1.82) is 0 Å². The SMILES string of the molecule is COc1c(C)cnc(CN(C)C(=O)c2oc3ccc(Br)cc3c2C)c1C. The first-order valence-electron chi connectivity index (χ1n) is 8.26. The van der Waals surface area contributed by atoms with Crippen LogP contribution in [0.4, 0.5) is 0 Å². The zero-order valence-electron chi connectivity index (χ0n) is 15.5. The van der Waals surface area contributed by atoms with Gasteiger partial charge in [-0.3, -0.25) is 9.78 Å². The zero-order chi connectivity index (χ0) is 19.0. The van der Waals surface area contributed by atoms with E-state index in [9.17, 15) is 4.79 Å². The highest BCUT2D eigenvalue weighted by atomic mass is 79.9. The van der Waals surface area contributed by atoms with Crippen molar-refractivity contribution in [2.75, 3.05) is 14.2 Å². The molecule has 0 aliphatic carbocycles. The summed E-state index contributed by atoms with van der Waals surface area (Å²) < 4.78 is 12.2. The molecule has 6 heteroatoms. The van der Waals surface area contributed by atoms with Crippen LogP contribution in [0.5, 0.6) is 5.75 Å². The second kappa shape index (κ2) is 7.11. The summed E-state index contributed by atoms with van der Waals surface area (Å²) >= 11 is 3.46. The molecule has 26 heavy (non-hydrogen) atoms. The molecule has 0 atom stereocenters. The van der Waals surface area contributed by atoms with E-state index in [1.165, 1.54) is 0 Å². The van der Waals surface area contributed by atoms with Crippen LogP contribution in [0.25, 0.3) is 11.0 Å². The van der Waals surface area contributed by atoms with Crippen molar-refractivity contribution in [3.63, 3.8) is 0 Å². The summed E-state index contributed by atoms with van der Waals surface area (Å²) in [6, 6.07) is 5.72. The van der Waals surface area contributed by atoms with Gasteiger partial charge in [0.1, 0.15) is 11.3 Å². The third-order valence-electron chi connectivity index (χ3n) is 4.58. The number of aryl methyl sites for hydroxylation is 2. The molecule has 5 nitrogen and oxygen atoms in total. The van der Waals surface area contributed by atoms with Crippen LogP contribution in [0.1, 0.15) is 32.9 Å². The van der Waals surface area contributed by atoms with Crippen molar-refractivity contribution >= 4 is 32.8 Å². The molecule has 1 aromatic carbocycles. The molecule has 0 bridgehead atoms. The highest BCUT2D eigenvalue weighted by molar-refractivity contribution is 9.10. The predicted octanol–water partition coefficient (Wildman–Crippen LogP) is 4.80. The van der Waals surface area contributed by atoms with Gasteiger partial charge in [-0.1, -0.05) is 15.9 Å². The summed E-state index contributed by atoms with van der Waals surface area (Å²) in [4.78, 5) is 19.0. The van der Waals surface area contributed by atoms with Gasteiger partial charge in [-0.2, -0.15) is 0 Å². The summed E-state index contributed by atoms with van der Waals surface area (Å²) in [7, 11) is 3.39. The molecular formula is C20H21BrN2O3. The summed E-state index contributed by atoms with van der Waals surface area (Å²) in [6.45, 7) is 6.18. The smallest absolute Gasteiger partial charge is 0.289 e. The fraction of sp³-hybridized carbons (Fsp3) is 0.300. The Morgan fingerprint density at radius 1 is 1.27 bits per heavy atom. The number of hydrogen-bond donors (Lipinski definition) is 0. The number of amides is 1. The van der Waals surface area contributed by atoms with Crippen LogP contribution in [0.2, 0.25) is 0 Å². The molecule has 3 aromatic rings. The van der Waals surface area contributed by atoms with Crippen molar-refractivity contribution in [1.82, 2.24) is 9.88 Å². The lowest BCUT2D eigenvalue weighted by Crippen LogP contribution is -2.27. The van der Waals surface area contributed by atoms with Crippen LogP contribution in [-0.2, 0) is 6.54 Å². The monoisotopic (exact) mass is 416 g/mol. The maximum atomic E-state index is 12.9. The molecular weight excluding hydrogens is 396 g/mol. The van der Waals surface area contributed by atoms with Gasteiger partial charge in [0.05, 0.1) is 19.3 Å². The number of rotatable bonds is 4. The van der Waals surface area contributed by atoms with Gasteiger partial charge >= 0.3 is 0 Å². The zero-order valence-corrected chi connectivity index (χ0v) is 17.1. The highest BCUT2D eigenvalue weighted by Crippen LogP contribution is 2.29. The van der Waals surface area contributed by atoms with Crippen LogP contribution in [-0.4, -0.2) is 29.9 Å². The molecule has 3 rings (SSSR count). The van der Waals surface area contributed by atoms with E-state index >= 15 is 0 Å². The van der Waals surface area contributed by atoms with Crippen LogP contribution in [0.3, 0.4) is 0 Å². The van der Waals surface area contributed by atoms with Crippen molar-refractivity contribution < 1.29 is 13.9 Å². The van der Waals surface area contributed by atoms with E-state index in [1.807, 2.05) is 39.0 Å². The molecule has 0 N–H and O–H groups in total. The van der Waals surface area contributed by atoms with Crippen LogP contribution >= 0.6 is 15.9 Å². The van der Waals surface area contributed by atoms with E-state index in [2.05, 4.69) is 20.9 Å². The molecule has 0 aliphatic rings. The van der Waals surface area contributed by atoms with Gasteiger partial charge in [0.2, 0.25) is 0 Å². The highest BCUT2D eigenvalue weighted by Gasteiger charge is 2.22.